The Morgan fingerprint density at radius 2 is 2.19 bits per heavy atom. The van der Waals surface area contributed by atoms with Gasteiger partial charge in [0.15, 0.2) is 0 Å². The van der Waals surface area contributed by atoms with Crippen LogP contribution in [0.15, 0.2) is 42.7 Å². The number of ether oxygens (including phenoxy) is 1. The smallest absolute Gasteiger partial charge is 0.414 e. The van der Waals surface area contributed by atoms with Gasteiger partial charge in [0, 0.05) is 19.3 Å². The number of halogens is 1. The summed E-state index contributed by atoms with van der Waals surface area (Å²) in [6.07, 6.45) is 1.75. The zero-order valence-corrected chi connectivity index (χ0v) is 14.4. The van der Waals surface area contributed by atoms with Crippen molar-refractivity contribution in [3.8, 4) is 0 Å². The number of hydrogen-bond donors (Lipinski definition) is 2. The van der Waals surface area contributed by atoms with E-state index in [-0.39, 0.29) is 24.7 Å². The van der Waals surface area contributed by atoms with Crippen LogP contribution in [0.1, 0.15) is 17.3 Å². The maximum atomic E-state index is 14.4. The molecule has 140 valence electrons. The average molecular weight is 372 g/mol. The van der Waals surface area contributed by atoms with E-state index in [9.17, 15) is 18.8 Å². The third-order valence-corrected chi connectivity index (χ3v) is 3.89. The van der Waals surface area contributed by atoms with Gasteiger partial charge < -0.3 is 15.4 Å². The van der Waals surface area contributed by atoms with Crippen molar-refractivity contribution in [1.82, 2.24) is 10.3 Å². The lowest BCUT2D eigenvalue weighted by Gasteiger charge is -2.14. The van der Waals surface area contributed by atoms with E-state index in [0.717, 1.165) is 6.07 Å². The number of nitrogens with zero attached hydrogens (tertiary/aromatic N) is 2. The predicted molar refractivity (Wildman–Crippen MR) is 94.9 cm³/mol. The molecule has 0 spiro atoms. The highest BCUT2D eigenvalue weighted by Crippen LogP contribution is 2.26. The van der Waals surface area contributed by atoms with Crippen molar-refractivity contribution >= 4 is 29.3 Å². The highest BCUT2D eigenvalue weighted by molar-refractivity contribution is 6.04. The van der Waals surface area contributed by atoms with E-state index in [2.05, 4.69) is 15.6 Å². The number of rotatable bonds is 5. The molecule has 1 aliphatic heterocycles. The Morgan fingerprint density at radius 3 is 2.85 bits per heavy atom. The second-order valence-electron chi connectivity index (χ2n) is 5.91. The van der Waals surface area contributed by atoms with Crippen LogP contribution in [-0.4, -0.2) is 42.1 Å². The van der Waals surface area contributed by atoms with Crippen molar-refractivity contribution in [1.29, 1.82) is 0 Å². The van der Waals surface area contributed by atoms with Crippen molar-refractivity contribution in [3.63, 3.8) is 0 Å². The van der Waals surface area contributed by atoms with Crippen molar-refractivity contribution in [3.05, 3.63) is 54.1 Å². The zero-order chi connectivity index (χ0) is 19.4. The summed E-state index contributed by atoms with van der Waals surface area (Å²) < 4.78 is 19.5. The molecule has 2 aromatic rings. The van der Waals surface area contributed by atoms with Crippen LogP contribution in [-0.2, 0) is 9.53 Å². The summed E-state index contributed by atoms with van der Waals surface area (Å²) >= 11 is 0. The number of cyclic esters (lactones) is 1. The van der Waals surface area contributed by atoms with Gasteiger partial charge >= 0.3 is 6.09 Å². The molecule has 1 fully saturated rings. The third kappa shape index (κ3) is 4.38. The second-order valence-corrected chi connectivity index (χ2v) is 5.91. The van der Waals surface area contributed by atoms with Crippen LogP contribution in [0.3, 0.4) is 0 Å². The van der Waals surface area contributed by atoms with Crippen molar-refractivity contribution in [2.75, 3.05) is 23.3 Å². The van der Waals surface area contributed by atoms with Gasteiger partial charge in [0.25, 0.3) is 5.91 Å². The molecule has 27 heavy (non-hydrogen) atoms. The molecule has 3 rings (SSSR count). The number of pyridine rings is 1. The number of amides is 3. The number of hydrogen-bond acceptors (Lipinski definition) is 5. The minimum Gasteiger partial charge on any atom is -0.442 e. The molecule has 0 bridgehead atoms. The Hall–Kier alpha value is -3.49. The van der Waals surface area contributed by atoms with Crippen LogP contribution in [0.4, 0.5) is 20.6 Å². The molecule has 2 N–H and O–H groups in total. The lowest BCUT2D eigenvalue weighted by molar-refractivity contribution is -0.119. The molecule has 8 nitrogen and oxygen atoms in total. The van der Waals surface area contributed by atoms with Crippen LogP contribution in [0, 0.1) is 5.82 Å². The fourth-order valence-electron chi connectivity index (χ4n) is 2.56. The first-order valence-corrected chi connectivity index (χ1v) is 8.17. The van der Waals surface area contributed by atoms with Gasteiger partial charge in [0.05, 0.1) is 30.0 Å². The number of aromatic nitrogens is 1. The van der Waals surface area contributed by atoms with Gasteiger partial charge in [0.1, 0.15) is 11.9 Å². The summed E-state index contributed by atoms with van der Waals surface area (Å²) in [4.78, 5) is 40.1. The number of carbonyl (C=O) groups is 3. The quantitative estimate of drug-likeness (QED) is 0.835. The highest BCUT2D eigenvalue weighted by Gasteiger charge is 2.32. The molecule has 2 heterocycles. The molecule has 1 atom stereocenters. The van der Waals surface area contributed by atoms with Crippen LogP contribution in [0.2, 0.25) is 0 Å². The van der Waals surface area contributed by atoms with E-state index in [0.29, 0.717) is 11.3 Å². The molecule has 0 radical (unpaired) electrons. The topological polar surface area (TPSA) is 101 Å². The molecule has 0 saturated carbocycles. The number of nitrogens with one attached hydrogen (secondary N) is 2. The van der Waals surface area contributed by atoms with E-state index < -0.39 is 23.9 Å². The number of carbonyl (C=O) groups excluding carboxylic acids is 3. The molecule has 9 heteroatoms. The largest absolute Gasteiger partial charge is 0.442 e. The zero-order valence-electron chi connectivity index (χ0n) is 14.4. The normalized spacial score (nSPS) is 16.0. The summed E-state index contributed by atoms with van der Waals surface area (Å²) in [5, 5.41) is 5.03. The fourth-order valence-corrected chi connectivity index (χ4v) is 2.56. The molecular formula is C18H17FN4O4. The number of benzene rings is 1. The lowest BCUT2D eigenvalue weighted by Crippen LogP contribution is -2.33. The van der Waals surface area contributed by atoms with E-state index in [4.69, 9.17) is 4.74 Å². The second kappa shape index (κ2) is 7.81. The first kappa shape index (κ1) is 18.3. The first-order valence-electron chi connectivity index (χ1n) is 8.17. The lowest BCUT2D eigenvalue weighted by atomic mass is 10.2. The van der Waals surface area contributed by atoms with E-state index >= 15 is 0 Å². The van der Waals surface area contributed by atoms with E-state index in [1.165, 1.54) is 36.4 Å². The predicted octanol–water partition coefficient (Wildman–Crippen LogP) is 1.93. The highest BCUT2D eigenvalue weighted by atomic mass is 19.1. The van der Waals surface area contributed by atoms with Gasteiger partial charge in [-0.1, -0.05) is 0 Å². The molecule has 1 saturated heterocycles. The van der Waals surface area contributed by atoms with Gasteiger partial charge in [-0.3, -0.25) is 19.5 Å². The van der Waals surface area contributed by atoms with Crippen LogP contribution < -0.4 is 15.5 Å². The van der Waals surface area contributed by atoms with Crippen molar-refractivity contribution in [2.24, 2.45) is 0 Å². The molecular weight excluding hydrogens is 355 g/mol. The monoisotopic (exact) mass is 372 g/mol. The maximum Gasteiger partial charge on any atom is 0.414 e. The summed E-state index contributed by atoms with van der Waals surface area (Å²) in [6.45, 7) is 1.72. The Kier molecular flexibility index (Phi) is 5.30. The van der Waals surface area contributed by atoms with Crippen molar-refractivity contribution < 1.29 is 23.5 Å². The molecule has 1 aromatic carbocycles. The van der Waals surface area contributed by atoms with E-state index in [1.807, 2.05) is 0 Å². The summed E-state index contributed by atoms with van der Waals surface area (Å²) in [6, 6.07) is 7.17. The summed E-state index contributed by atoms with van der Waals surface area (Å²) in [5.41, 5.74) is 0.571. The maximum absolute atomic E-state index is 14.4. The summed E-state index contributed by atoms with van der Waals surface area (Å²) in [7, 11) is 0. The van der Waals surface area contributed by atoms with Gasteiger partial charge in [-0.15, -0.1) is 0 Å². The number of anilines is 2. The Balaban J connectivity index is 1.68. The molecule has 1 aromatic heterocycles. The average Bonchev–Trinajstić information content (AvgIpc) is 3.03. The Morgan fingerprint density at radius 1 is 1.37 bits per heavy atom. The van der Waals surface area contributed by atoms with Gasteiger partial charge in [-0.2, -0.15) is 0 Å². The van der Waals surface area contributed by atoms with E-state index in [1.54, 1.807) is 12.1 Å². The van der Waals surface area contributed by atoms with Gasteiger partial charge in [0.2, 0.25) is 5.91 Å². The standard InChI is InChI=1S/C18H17FN4O4/c1-11(24)21-9-14-10-23(18(26)27-14)13-4-5-16(15(19)7-13)22-17(25)12-3-2-6-20-8-12/h2-8,14H,9-10H2,1H3,(H,21,24)(H,22,25)/t14-/m0/s1. The van der Waals surface area contributed by atoms with Gasteiger partial charge in [-0.25, -0.2) is 9.18 Å². The Bertz CT molecular complexity index is 875. The molecule has 0 aliphatic carbocycles. The van der Waals surface area contributed by atoms with Crippen LogP contribution in [0.5, 0.6) is 0 Å². The SMILES string of the molecule is CC(=O)NC[C@H]1CN(c2ccc(NC(=O)c3cccnc3)c(F)c2)C(=O)O1. The Labute approximate surface area is 154 Å². The molecule has 3 amide bonds. The molecule has 1 aliphatic rings. The minimum absolute atomic E-state index is 0.0186. The van der Waals surface area contributed by atoms with Crippen molar-refractivity contribution in [2.45, 2.75) is 13.0 Å². The van der Waals surface area contributed by atoms with Crippen LogP contribution in [0.25, 0.3) is 0 Å². The third-order valence-electron chi connectivity index (χ3n) is 3.89. The minimum atomic E-state index is -0.692. The summed E-state index contributed by atoms with van der Waals surface area (Å²) in [5.74, 6) is -1.42. The van der Waals surface area contributed by atoms with Crippen LogP contribution >= 0.6 is 0 Å². The first-order chi connectivity index (χ1) is 12.9. The fraction of sp³-hybridized carbons (Fsp3) is 0.222. The molecule has 0 unspecified atom stereocenters. The van der Waals surface area contributed by atoms with Gasteiger partial charge in [-0.05, 0) is 30.3 Å².